The molecule has 1 saturated carbocycles. The molecule has 0 unspecified atom stereocenters. The molecule has 11 nitrogen and oxygen atoms in total. The molecule has 35 heavy (non-hydrogen) atoms. The van der Waals surface area contributed by atoms with Gasteiger partial charge in [-0.2, -0.15) is 4.98 Å². The van der Waals surface area contributed by atoms with E-state index in [1.165, 1.54) is 0 Å². The SMILES string of the molecule is CN(C(=O)c1ccc(Nc2ncc([N+](=O)[O-])c(N[C@@H]3CCC[C@@H]3C(N)=O)n2)cc1)c1ccccc1. The predicted octanol–water partition coefficient (Wildman–Crippen LogP) is 3.47. The number of nitrogens with two attached hydrogens (primary N) is 1. The van der Waals surface area contributed by atoms with Crippen LogP contribution in [0.1, 0.15) is 29.6 Å². The van der Waals surface area contributed by atoms with Crippen molar-refractivity contribution in [1.29, 1.82) is 0 Å². The number of rotatable bonds is 8. The van der Waals surface area contributed by atoms with Gasteiger partial charge in [0.05, 0.1) is 10.8 Å². The van der Waals surface area contributed by atoms with Gasteiger partial charge in [0.1, 0.15) is 6.20 Å². The van der Waals surface area contributed by atoms with Crippen molar-refractivity contribution in [3.8, 4) is 0 Å². The standard InChI is InChI=1S/C24H25N7O4/c1-30(17-6-3-2-4-7-17)23(33)15-10-12-16(13-11-15)27-24-26-14-20(31(34)35)22(29-24)28-19-9-5-8-18(19)21(25)32/h2-4,6-7,10-14,18-19H,5,8-9H2,1H3,(H2,25,32)(H2,26,27,28,29)/t18-,19+/m0/s1. The smallest absolute Gasteiger partial charge is 0.329 e. The first kappa shape index (κ1) is 23.6. The third-order valence-electron chi connectivity index (χ3n) is 6.01. The monoisotopic (exact) mass is 475 g/mol. The summed E-state index contributed by atoms with van der Waals surface area (Å²) < 4.78 is 0. The first-order valence-electron chi connectivity index (χ1n) is 11.1. The van der Waals surface area contributed by atoms with Gasteiger partial charge in [-0.05, 0) is 49.2 Å². The Morgan fingerprint density at radius 2 is 1.83 bits per heavy atom. The number of primary amides is 1. The van der Waals surface area contributed by atoms with Crippen LogP contribution in [0.4, 0.5) is 28.8 Å². The Morgan fingerprint density at radius 3 is 2.49 bits per heavy atom. The highest BCUT2D eigenvalue weighted by Gasteiger charge is 2.33. The van der Waals surface area contributed by atoms with E-state index in [4.69, 9.17) is 5.73 Å². The van der Waals surface area contributed by atoms with Gasteiger partial charge in [0, 0.05) is 30.0 Å². The molecule has 180 valence electrons. The van der Waals surface area contributed by atoms with Crippen molar-refractivity contribution in [1.82, 2.24) is 9.97 Å². The Morgan fingerprint density at radius 1 is 1.11 bits per heavy atom. The summed E-state index contributed by atoms with van der Waals surface area (Å²) in [6.07, 6.45) is 3.18. The average molecular weight is 476 g/mol. The molecule has 1 aromatic heterocycles. The molecule has 1 heterocycles. The molecule has 0 saturated heterocycles. The van der Waals surface area contributed by atoms with Crippen molar-refractivity contribution in [2.45, 2.75) is 25.3 Å². The van der Waals surface area contributed by atoms with E-state index in [0.29, 0.717) is 24.1 Å². The molecule has 2 aromatic carbocycles. The zero-order valence-electron chi connectivity index (χ0n) is 19.0. The van der Waals surface area contributed by atoms with Crippen LogP contribution in [0.2, 0.25) is 0 Å². The quantitative estimate of drug-likeness (QED) is 0.330. The molecule has 1 aliphatic carbocycles. The van der Waals surface area contributed by atoms with Crippen LogP contribution in [0.15, 0.2) is 60.8 Å². The van der Waals surface area contributed by atoms with Crippen molar-refractivity contribution < 1.29 is 14.5 Å². The molecule has 4 N–H and O–H groups in total. The highest BCUT2D eigenvalue weighted by Crippen LogP contribution is 2.31. The Balaban J connectivity index is 1.50. The minimum Gasteiger partial charge on any atom is -0.369 e. The van der Waals surface area contributed by atoms with Gasteiger partial charge in [-0.15, -0.1) is 0 Å². The molecule has 0 radical (unpaired) electrons. The molecule has 0 aliphatic heterocycles. The summed E-state index contributed by atoms with van der Waals surface area (Å²) in [5, 5.41) is 17.5. The highest BCUT2D eigenvalue weighted by molar-refractivity contribution is 6.05. The summed E-state index contributed by atoms with van der Waals surface area (Å²) in [7, 11) is 1.70. The minimum absolute atomic E-state index is 0.0157. The Hall–Kier alpha value is -4.54. The van der Waals surface area contributed by atoms with Crippen LogP contribution < -0.4 is 21.3 Å². The molecule has 0 bridgehead atoms. The Labute approximate surface area is 201 Å². The third-order valence-corrected chi connectivity index (χ3v) is 6.01. The van der Waals surface area contributed by atoms with Crippen molar-refractivity contribution in [3.63, 3.8) is 0 Å². The maximum atomic E-state index is 12.8. The van der Waals surface area contributed by atoms with Gasteiger partial charge in [0.2, 0.25) is 17.7 Å². The summed E-state index contributed by atoms with van der Waals surface area (Å²) in [5.41, 5.74) is 7.04. The number of para-hydroxylation sites is 1. The van der Waals surface area contributed by atoms with Crippen LogP contribution in [0.5, 0.6) is 0 Å². The zero-order chi connectivity index (χ0) is 24.9. The largest absolute Gasteiger partial charge is 0.369 e. The van der Waals surface area contributed by atoms with Crippen molar-refractivity contribution >= 4 is 40.6 Å². The number of hydrogen-bond donors (Lipinski definition) is 3. The molecule has 2 amide bonds. The molecule has 4 rings (SSSR count). The zero-order valence-corrected chi connectivity index (χ0v) is 19.0. The fourth-order valence-corrected chi connectivity index (χ4v) is 4.11. The normalized spacial score (nSPS) is 16.9. The van der Waals surface area contributed by atoms with E-state index in [0.717, 1.165) is 18.3 Å². The number of nitrogens with zero attached hydrogens (tertiary/aromatic N) is 4. The summed E-state index contributed by atoms with van der Waals surface area (Å²) in [6, 6.07) is 15.7. The van der Waals surface area contributed by atoms with Gasteiger partial charge in [-0.1, -0.05) is 24.6 Å². The van der Waals surface area contributed by atoms with Gasteiger partial charge in [0.25, 0.3) is 5.91 Å². The molecular formula is C24H25N7O4. The number of amides is 2. The minimum atomic E-state index is -0.579. The predicted molar refractivity (Wildman–Crippen MR) is 132 cm³/mol. The molecule has 2 atom stereocenters. The number of nitro groups is 1. The summed E-state index contributed by atoms with van der Waals surface area (Å²) in [6.45, 7) is 0. The topological polar surface area (TPSA) is 156 Å². The summed E-state index contributed by atoms with van der Waals surface area (Å²) in [5.74, 6) is -0.877. The summed E-state index contributed by atoms with van der Waals surface area (Å²) >= 11 is 0. The number of anilines is 4. The van der Waals surface area contributed by atoms with Crippen molar-refractivity contribution in [3.05, 3.63) is 76.5 Å². The second-order valence-electron chi connectivity index (χ2n) is 8.28. The lowest BCUT2D eigenvalue weighted by molar-refractivity contribution is -0.384. The lowest BCUT2D eigenvalue weighted by Crippen LogP contribution is -2.34. The summed E-state index contributed by atoms with van der Waals surface area (Å²) in [4.78, 5) is 45.2. The number of benzene rings is 2. The first-order valence-corrected chi connectivity index (χ1v) is 11.1. The van der Waals surface area contributed by atoms with Gasteiger partial charge >= 0.3 is 5.69 Å². The van der Waals surface area contributed by atoms with E-state index in [1.807, 2.05) is 30.3 Å². The van der Waals surface area contributed by atoms with Crippen molar-refractivity contribution in [2.24, 2.45) is 11.7 Å². The molecule has 0 spiro atoms. The van der Waals surface area contributed by atoms with Crippen LogP contribution in [0.3, 0.4) is 0 Å². The van der Waals surface area contributed by atoms with Crippen LogP contribution in [-0.4, -0.2) is 39.8 Å². The van der Waals surface area contributed by atoms with E-state index in [9.17, 15) is 19.7 Å². The second-order valence-corrected chi connectivity index (χ2v) is 8.28. The van der Waals surface area contributed by atoms with E-state index in [-0.39, 0.29) is 29.4 Å². The number of hydrogen-bond acceptors (Lipinski definition) is 8. The van der Waals surface area contributed by atoms with Crippen LogP contribution >= 0.6 is 0 Å². The number of aromatic nitrogens is 2. The molecule has 1 aliphatic rings. The molecule has 3 aromatic rings. The average Bonchev–Trinajstić information content (AvgIpc) is 3.32. The maximum absolute atomic E-state index is 12.8. The number of carbonyl (C=O) groups excluding carboxylic acids is 2. The molecule has 11 heteroatoms. The van der Waals surface area contributed by atoms with Gasteiger partial charge in [-0.3, -0.25) is 19.7 Å². The Bertz CT molecular complexity index is 1230. The van der Waals surface area contributed by atoms with E-state index >= 15 is 0 Å². The molecular weight excluding hydrogens is 450 g/mol. The van der Waals surface area contributed by atoms with Crippen molar-refractivity contribution in [2.75, 3.05) is 22.6 Å². The maximum Gasteiger partial charge on any atom is 0.329 e. The van der Waals surface area contributed by atoms with Crippen LogP contribution in [0, 0.1) is 16.0 Å². The number of carbonyl (C=O) groups is 2. The Kier molecular flexibility index (Phi) is 6.86. The third kappa shape index (κ3) is 5.35. The first-order chi connectivity index (χ1) is 16.8. The second kappa shape index (κ2) is 10.2. The lowest BCUT2D eigenvalue weighted by atomic mass is 10.0. The van der Waals surface area contributed by atoms with E-state index in [1.54, 1.807) is 36.2 Å². The van der Waals surface area contributed by atoms with Gasteiger partial charge in [0.15, 0.2) is 0 Å². The number of nitrogens with one attached hydrogen (secondary N) is 2. The van der Waals surface area contributed by atoms with E-state index in [2.05, 4.69) is 20.6 Å². The lowest BCUT2D eigenvalue weighted by Gasteiger charge is -2.19. The molecule has 1 fully saturated rings. The fourth-order valence-electron chi connectivity index (χ4n) is 4.11. The highest BCUT2D eigenvalue weighted by atomic mass is 16.6. The van der Waals surface area contributed by atoms with Gasteiger partial charge < -0.3 is 21.3 Å². The van der Waals surface area contributed by atoms with Crippen LogP contribution in [-0.2, 0) is 4.79 Å². The van der Waals surface area contributed by atoms with Gasteiger partial charge in [-0.25, -0.2) is 4.98 Å². The van der Waals surface area contributed by atoms with Crippen LogP contribution in [0.25, 0.3) is 0 Å². The fraction of sp³-hybridized carbons (Fsp3) is 0.250. The van der Waals surface area contributed by atoms with E-state index < -0.39 is 16.7 Å².